The molecular formula is C17H20O. The zero-order valence-electron chi connectivity index (χ0n) is 10.8. The molecular weight excluding hydrogens is 220 g/mol. The second-order valence-corrected chi connectivity index (χ2v) is 4.89. The molecule has 0 aromatic heterocycles. The van der Waals surface area contributed by atoms with Gasteiger partial charge in [-0.1, -0.05) is 67.6 Å². The Balaban J connectivity index is 1.90. The van der Waals surface area contributed by atoms with E-state index in [1.165, 1.54) is 11.1 Å². The van der Waals surface area contributed by atoms with Crippen molar-refractivity contribution in [1.82, 2.24) is 0 Å². The fourth-order valence-electron chi connectivity index (χ4n) is 2.30. The Morgan fingerprint density at radius 1 is 0.889 bits per heavy atom. The number of rotatable bonds is 5. The fourth-order valence-corrected chi connectivity index (χ4v) is 2.30. The molecule has 18 heavy (non-hydrogen) atoms. The van der Waals surface area contributed by atoms with Crippen LogP contribution in [0.25, 0.3) is 0 Å². The summed E-state index contributed by atoms with van der Waals surface area (Å²) in [6, 6.07) is 20.5. The van der Waals surface area contributed by atoms with Crippen molar-refractivity contribution in [3.05, 3.63) is 71.8 Å². The molecule has 2 atom stereocenters. The molecule has 0 aliphatic carbocycles. The molecule has 0 saturated carbocycles. The summed E-state index contributed by atoms with van der Waals surface area (Å²) in [4.78, 5) is 0. The maximum Gasteiger partial charge on any atom is 0.0586 e. The summed E-state index contributed by atoms with van der Waals surface area (Å²) < 4.78 is 0. The fraction of sp³-hybridized carbons (Fsp3) is 0.294. The number of benzene rings is 2. The quantitative estimate of drug-likeness (QED) is 0.843. The van der Waals surface area contributed by atoms with Gasteiger partial charge in [0.2, 0.25) is 0 Å². The molecule has 1 heteroatoms. The van der Waals surface area contributed by atoms with Gasteiger partial charge in [-0.05, 0) is 29.9 Å². The second-order valence-electron chi connectivity index (χ2n) is 4.89. The zero-order chi connectivity index (χ0) is 12.8. The third-order valence-corrected chi connectivity index (χ3v) is 3.31. The van der Waals surface area contributed by atoms with Crippen LogP contribution in [0.5, 0.6) is 0 Å². The highest BCUT2D eigenvalue weighted by atomic mass is 16.3. The SMILES string of the molecule is CC(CC(O)Cc1ccccc1)c1ccccc1. The molecule has 2 aromatic carbocycles. The van der Waals surface area contributed by atoms with Crippen LogP contribution in [0.15, 0.2) is 60.7 Å². The van der Waals surface area contributed by atoms with Crippen molar-refractivity contribution in [3.8, 4) is 0 Å². The van der Waals surface area contributed by atoms with E-state index in [2.05, 4.69) is 43.3 Å². The summed E-state index contributed by atoms with van der Waals surface area (Å²) in [5, 5.41) is 10.1. The maximum atomic E-state index is 10.1. The van der Waals surface area contributed by atoms with Crippen molar-refractivity contribution in [2.45, 2.75) is 31.8 Å². The van der Waals surface area contributed by atoms with Crippen molar-refractivity contribution in [3.63, 3.8) is 0 Å². The molecule has 0 radical (unpaired) electrons. The molecule has 1 nitrogen and oxygen atoms in total. The highest BCUT2D eigenvalue weighted by molar-refractivity contribution is 5.19. The van der Waals surface area contributed by atoms with Crippen molar-refractivity contribution < 1.29 is 5.11 Å². The summed E-state index contributed by atoms with van der Waals surface area (Å²) in [6.07, 6.45) is 1.26. The van der Waals surface area contributed by atoms with Crippen molar-refractivity contribution in [2.75, 3.05) is 0 Å². The summed E-state index contributed by atoms with van der Waals surface area (Å²) in [7, 11) is 0. The predicted molar refractivity (Wildman–Crippen MR) is 75.6 cm³/mol. The molecule has 94 valence electrons. The molecule has 0 amide bonds. The number of aliphatic hydroxyl groups excluding tert-OH is 1. The molecule has 0 aliphatic heterocycles. The molecule has 2 rings (SSSR count). The second kappa shape index (κ2) is 6.36. The number of aliphatic hydroxyl groups is 1. The Bertz CT molecular complexity index is 450. The zero-order valence-corrected chi connectivity index (χ0v) is 10.8. The highest BCUT2D eigenvalue weighted by Crippen LogP contribution is 2.21. The van der Waals surface area contributed by atoms with Gasteiger partial charge < -0.3 is 5.11 Å². The smallest absolute Gasteiger partial charge is 0.0586 e. The Labute approximate surface area is 109 Å². The molecule has 2 unspecified atom stereocenters. The van der Waals surface area contributed by atoms with E-state index in [1.807, 2.05) is 24.3 Å². The molecule has 1 N–H and O–H groups in total. The molecule has 2 aromatic rings. The van der Waals surface area contributed by atoms with Gasteiger partial charge >= 0.3 is 0 Å². The average Bonchev–Trinajstić information content (AvgIpc) is 2.40. The first-order valence-corrected chi connectivity index (χ1v) is 6.52. The van der Waals surface area contributed by atoms with Crippen molar-refractivity contribution in [2.24, 2.45) is 0 Å². The van der Waals surface area contributed by atoms with Gasteiger partial charge in [-0.3, -0.25) is 0 Å². The monoisotopic (exact) mass is 240 g/mol. The number of hydrogen-bond donors (Lipinski definition) is 1. The van der Waals surface area contributed by atoms with E-state index >= 15 is 0 Å². The lowest BCUT2D eigenvalue weighted by Crippen LogP contribution is -2.13. The van der Waals surface area contributed by atoms with Gasteiger partial charge in [0, 0.05) is 0 Å². The van der Waals surface area contributed by atoms with E-state index in [0.717, 1.165) is 12.8 Å². The van der Waals surface area contributed by atoms with E-state index in [1.54, 1.807) is 0 Å². The topological polar surface area (TPSA) is 20.2 Å². The van der Waals surface area contributed by atoms with Gasteiger partial charge in [0.1, 0.15) is 0 Å². The van der Waals surface area contributed by atoms with Gasteiger partial charge in [-0.15, -0.1) is 0 Å². The first-order chi connectivity index (χ1) is 8.75. The van der Waals surface area contributed by atoms with Crippen LogP contribution in [0.1, 0.15) is 30.4 Å². The van der Waals surface area contributed by atoms with E-state index in [0.29, 0.717) is 5.92 Å². The van der Waals surface area contributed by atoms with Crippen molar-refractivity contribution in [1.29, 1.82) is 0 Å². The summed E-state index contributed by atoms with van der Waals surface area (Å²) in [5.41, 5.74) is 2.50. The van der Waals surface area contributed by atoms with Gasteiger partial charge in [-0.2, -0.15) is 0 Å². The van der Waals surface area contributed by atoms with Crippen molar-refractivity contribution >= 4 is 0 Å². The molecule has 0 aliphatic rings. The third-order valence-electron chi connectivity index (χ3n) is 3.31. The molecule has 0 saturated heterocycles. The van der Waals surface area contributed by atoms with Crippen LogP contribution in [0, 0.1) is 0 Å². The van der Waals surface area contributed by atoms with Gasteiger partial charge in [0.05, 0.1) is 6.10 Å². The average molecular weight is 240 g/mol. The van der Waals surface area contributed by atoms with Crippen LogP contribution in [0.2, 0.25) is 0 Å². The number of hydrogen-bond acceptors (Lipinski definition) is 1. The molecule has 0 heterocycles. The van der Waals surface area contributed by atoms with Crippen LogP contribution >= 0.6 is 0 Å². The maximum absolute atomic E-state index is 10.1. The lowest BCUT2D eigenvalue weighted by molar-refractivity contribution is 0.157. The Morgan fingerprint density at radius 3 is 2.06 bits per heavy atom. The van der Waals surface area contributed by atoms with E-state index in [4.69, 9.17) is 0 Å². The Kier molecular flexibility index (Phi) is 4.54. The first-order valence-electron chi connectivity index (χ1n) is 6.52. The summed E-state index contributed by atoms with van der Waals surface area (Å²) >= 11 is 0. The molecule has 0 spiro atoms. The highest BCUT2D eigenvalue weighted by Gasteiger charge is 2.12. The van der Waals surface area contributed by atoms with E-state index in [9.17, 15) is 5.11 Å². The normalized spacial score (nSPS) is 14.1. The largest absolute Gasteiger partial charge is 0.393 e. The van der Waals surface area contributed by atoms with Crippen LogP contribution in [0.3, 0.4) is 0 Å². The van der Waals surface area contributed by atoms with Crippen LogP contribution in [-0.2, 0) is 6.42 Å². The minimum atomic E-state index is -0.275. The Morgan fingerprint density at radius 2 is 1.44 bits per heavy atom. The molecule has 0 fully saturated rings. The Hall–Kier alpha value is -1.60. The lowest BCUT2D eigenvalue weighted by atomic mass is 9.92. The lowest BCUT2D eigenvalue weighted by Gasteiger charge is -2.17. The van der Waals surface area contributed by atoms with Crippen LogP contribution < -0.4 is 0 Å². The van der Waals surface area contributed by atoms with Gasteiger partial charge in [-0.25, -0.2) is 0 Å². The minimum Gasteiger partial charge on any atom is -0.393 e. The van der Waals surface area contributed by atoms with Crippen LogP contribution in [-0.4, -0.2) is 11.2 Å². The predicted octanol–water partition coefficient (Wildman–Crippen LogP) is 3.78. The van der Waals surface area contributed by atoms with Crippen LogP contribution in [0.4, 0.5) is 0 Å². The van der Waals surface area contributed by atoms with E-state index in [-0.39, 0.29) is 6.10 Å². The summed E-state index contributed by atoms with van der Waals surface area (Å²) in [5.74, 6) is 0.393. The first kappa shape index (κ1) is 12.8. The van der Waals surface area contributed by atoms with Gasteiger partial charge in [0.15, 0.2) is 0 Å². The standard InChI is InChI=1S/C17H20O/c1-14(16-10-6-3-7-11-16)12-17(18)13-15-8-4-2-5-9-15/h2-11,14,17-18H,12-13H2,1H3. The minimum absolute atomic E-state index is 0.275. The van der Waals surface area contributed by atoms with E-state index < -0.39 is 0 Å². The molecule has 0 bridgehead atoms. The summed E-state index contributed by atoms with van der Waals surface area (Å²) in [6.45, 7) is 2.17. The third kappa shape index (κ3) is 3.71. The van der Waals surface area contributed by atoms with Gasteiger partial charge in [0.25, 0.3) is 0 Å².